The molecular weight excluding hydrogens is 303 g/mol. The zero-order chi connectivity index (χ0) is 15.6. The number of aryl methyl sites for hydroxylation is 1. The van der Waals surface area contributed by atoms with E-state index in [-0.39, 0.29) is 17.7 Å². The van der Waals surface area contributed by atoms with Crippen LogP contribution in [-0.2, 0) is 0 Å². The predicted octanol–water partition coefficient (Wildman–Crippen LogP) is 4.48. The van der Waals surface area contributed by atoms with Crippen LogP contribution in [0.25, 0.3) is 0 Å². The minimum Gasteiger partial charge on any atom is -0.484 e. The molecular formula is C15H17ClF3NO. The second-order valence-electron chi connectivity index (χ2n) is 5.29. The molecule has 0 aliphatic carbocycles. The maximum atomic E-state index is 12.2. The predicted molar refractivity (Wildman–Crippen MR) is 76.6 cm³/mol. The number of hydrogen-bond donors (Lipinski definition) is 1. The Kier molecular flexibility index (Phi) is 4.71. The third-order valence-electron chi connectivity index (χ3n) is 3.59. The highest BCUT2D eigenvalue weighted by molar-refractivity contribution is 6.29. The van der Waals surface area contributed by atoms with E-state index in [0.29, 0.717) is 5.56 Å². The molecule has 116 valence electrons. The SMILES string of the molecule is Cc1cc(C(C)C2CC(Cl)=CN2)ccc1OCC(F)(F)F. The highest BCUT2D eigenvalue weighted by Crippen LogP contribution is 2.31. The molecule has 0 amide bonds. The highest BCUT2D eigenvalue weighted by Gasteiger charge is 2.29. The smallest absolute Gasteiger partial charge is 0.422 e. The number of benzene rings is 1. The fraction of sp³-hybridized carbons (Fsp3) is 0.467. The van der Waals surface area contributed by atoms with E-state index in [1.54, 1.807) is 25.3 Å². The number of rotatable bonds is 4. The molecule has 0 bridgehead atoms. The molecule has 0 fully saturated rings. The molecule has 0 saturated heterocycles. The first-order valence-corrected chi connectivity index (χ1v) is 7.05. The topological polar surface area (TPSA) is 21.3 Å². The van der Waals surface area contributed by atoms with Gasteiger partial charge in [-0.2, -0.15) is 13.2 Å². The monoisotopic (exact) mass is 319 g/mol. The molecule has 2 atom stereocenters. The molecule has 1 aromatic rings. The van der Waals surface area contributed by atoms with Crippen LogP contribution < -0.4 is 10.1 Å². The van der Waals surface area contributed by atoms with E-state index in [1.807, 2.05) is 6.07 Å². The van der Waals surface area contributed by atoms with E-state index in [4.69, 9.17) is 16.3 Å². The lowest BCUT2D eigenvalue weighted by atomic mass is 9.91. The standard InChI is InChI=1S/C15H17ClF3NO/c1-9-5-11(10(2)13-6-12(16)7-20-13)3-4-14(9)21-8-15(17,18)19/h3-5,7,10,13,20H,6,8H2,1-2H3. The number of alkyl halides is 3. The van der Waals surface area contributed by atoms with Crippen molar-refractivity contribution < 1.29 is 17.9 Å². The Bertz CT molecular complexity index is 542. The molecule has 2 rings (SSSR count). The molecule has 1 aliphatic heterocycles. The Morgan fingerprint density at radius 2 is 2.14 bits per heavy atom. The summed E-state index contributed by atoms with van der Waals surface area (Å²) < 4.78 is 41.3. The maximum Gasteiger partial charge on any atom is 0.422 e. The lowest BCUT2D eigenvalue weighted by Gasteiger charge is -2.21. The molecule has 1 heterocycles. The van der Waals surface area contributed by atoms with Gasteiger partial charge in [0, 0.05) is 29.6 Å². The van der Waals surface area contributed by atoms with E-state index in [0.717, 1.165) is 17.0 Å². The Morgan fingerprint density at radius 3 is 2.67 bits per heavy atom. The summed E-state index contributed by atoms with van der Waals surface area (Å²) in [6, 6.07) is 5.47. The van der Waals surface area contributed by atoms with Gasteiger partial charge in [0.15, 0.2) is 6.61 Å². The summed E-state index contributed by atoms with van der Waals surface area (Å²) in [5.41, 5.74) is 1.74. The van der Waals surface area contributed by atoms with Gasteiger partial charge in [0.05, 0.1) is 0 Å². The average molecular weight is 320 g/mol. The van der Waals surface area contributed by atoms with Crippen LogP contribution >= 0.6 is 11.6 Å². The Hall–Kier alpha value is -1.36. The maximum absolute atomic E-state index is 12.2. The van der Waals surface area contributed by atoms with Crippen LogP contribution in [0.1, 0.15) is 30.4 Å². The highest BCUT2D eigenvalue weighted by atomic mass is 35.5. The Labute approximate surface area is 126 Å². The van der Waals surface area contributed by atoms with Gasteiger partial charge in [0.2, 0.25) is 0 Å². The van der Waals surface area contributed by atoms with Gasteiger partial charge in [-0.3, -0.25) is 0 Å². The summed E-state index contributed by atoms with van der Waals surface area (Å²) in [5, 5.41) is 4.00. The molecule has 0 radical (unpaired) electrons. The molecule has 2 nitrogen and oxygen atoms in total. The van der Waals surface area contributed by atoms with Crippen molar-refractivity contribution in [3.8, 4) is 5.75 Å². The van der Waals surface area contributed by atoms with Crippen molar-refractivity contribution in [2.24, 2.45) is 0 Å². The van der Waals surface area contributed by atoms with Crippen molar-refractivity contribution in [1.82, 2.24) is 5.32 Å². The van der Waals surface area contributed by atoms with Crippen molar-refractivity contribution >= 4 is 11.6 Å². The Morgan fingerprint density at radius 1 is 1.43 bits per heavy atom. The van der Waals surface area contributed by atoms with Crippen LogP contribution in [0.4, 0.5) is 13.2 Å². The first-order valence-electron chi connectivity index (χ1n) is 6.67. The van der Waals surface area contributed by atoms with Gasteiger partial charge >= 0.3 is 6.18 Å². The summed E-state index contributed by atoms with van der Waals surface area (Å²) in [7, 11) is 0. The molecule has 6 heteroatoms. The van der Waals surface area contributed by atoms with Crippen molar-refractivity contribution in [3.05, 3.63) is 40.6 Å². The average Bonchev–Trinajstić information content (AvgIpc) is 2.82. The molecule has 1 aliphatic rings. The van der Waals surface area contributed by atoms with E-state index >= 15 is 0 Å². The number of ether oxygens (including phenoxy) is 1. The van der Waals surface area contributed by atoms with Gasteiger partial charge in [-0.05, 0) is 24.1 Å². The van der Waals surface area contributed by atoms with E-state index < -0.39 is 12.8 Å². The van der Waals surface area contributed by atoms with Crippen LogP contribution in [0, 0.1) is 6.92 Å². The first kappa shape index (κ1) is 16.0. The zero-order valence-corrected chi connectivity index (χ0v) is 12.6. The van der Waals surface area contributed by atoms with Gasteiger partial charge in [-0.1, -0.05) is 30.7 Å². The fourth-order valence-corrected chi connectivity index (χ4v) is 2.59. The van der Waals surface area contributed by atoms with Crippen molar-refractivity contribution in [3.63, 3.8) is 0 Å². The van der Waals surface area contributed by atoms with Gasteiger partial charge in [0.25, 0.3) is 0 Å². The molecule has 1 aromatic carbocycles. The van der Waals surface area contributed by atoms with Crippen LogP contribution in [0.2, 0.25) is 0 Å². The minimum atomic E-state index is -4.32. The molecule has 1 N–H and O–H groups in total. The number of halogens is 4. The molecule has 0 saturated carbocycles. The third kappa shape index (κ3) is 4.30. The van der Waals surface area contributed by atoms with Gasteiger partial charge in [-0.25, -0.2) is 0 Å². The summed E-state index contributed by atoms with van der Waals surface area (Å²) in [5.74, 6) is 0.465. The Balaban J connectivity index is 2.05. The second-order valence-corrected chi connectivity index (χ2v) is 5.77. The second kappa shape index (κ2) is 6.18. The van der Waals surface area contributed by atoms with Crippen molar-refractivity contribution in [1.29, 1.82) is 0 Å². The lowest BCUT2D eigenvalue weighted by Crippen LogP contribution is -2.25. The van der Waals surface area contributed by atoms with Gasteiger partial charge in [0.1, 0.15) is 5.75 Å². The van der Waals surface area contributed by atoms with Crippen LogP contribution in [-0.4, -0.2) is 18.8 Å². The van der Waals surface area contributed by atoms with Crippen LogP contribution in [0.3, 0.4) is 0 Å². The first-order chi connectivity index (χ1) is 9.76. The summed E-state index contributed by atoms with van der Waals surface area (Å²) >= 11 is 5.95. The van der Waals surface area contributed by atoms with Gasteiger partial charge < -0.3 is 10.1 Å². The number of nitrogens with one attached hydrogen (secondary N) is 1. The van der Waals surface area contributed by atoms with Gasteiger partial charge in [-0.15, -0.1) is 0 Å². The molecule has 0 spiro atoms. The molecule has 2 unspecified atom stereocenters. The largest absolute Gasteiger partial charge is 0.484 e. The van der Waals surface area contributed by atoms with Crippen LogP contribution in [0.5, 0.6) is 5.75 Å². The van der Waals surface area contributed by atoms with Crippen molar-refractivity contribution in [2.45, 2.75) is 38.4 Å². The molecule has 21 heavy (non-hydrogen) atoms. The summed E-state index contributed by atoms with van der Waals surface area (Å²) in [6.45, 7) is 2.54. The minimum absolute atomic E-state index is 0.202. The van der Waals surface area contributed by atoms with E-state index in [2.05, 4.69) is 12.2 Å². The summed E-state index contributed by atoms with van der Waals surface area (Å²) in [4.78, 5) is 0. The molecule has 0 aromatic heterocycles. The fourth-order valence-electron chi connectivity index (χ4n) is 2.36. The van der Waals surface area contributed by atoms with E-state index in [9.17, 15) is 13.2 Å². The summed E-state index contributed by atoms with van der Waals surface area (Å²) in [6.07, 6.45) is -1.78. The quantitative estimate of drug-likeness (QED) is 0.883. The van der Waals surface area contributed by atoms with E-state index in [1.165, 1.54) is 0 Å². The third-order valence-corrected chi connectivity index (χ3v) is 3.85. The van der Waals surface area contributed by atoms with Crippen molar-refractivity contribution in [2.75, 3.05) is 6.61 Å². The van der Waals surface area contributed by atoms with Crippen LogP contribution in [0.15, 0.2) is 29.4 Å². The zero-order valence-electron chi connectivity index (χ0n) is 11.8. The lowest BCUT2D eigenvalue weighted by molar-refractivity contribution is -0.153. The number of hydrogen-bond acceptors (Lipinski definition) is 2. The normalized spacial score (nSPS) is 19.9.